The number of hydrogen-bond acceptors (Lipinski definition) is 5. The zero-order chi connectivity index (χ0) is 16.4. The second-order valence-electron chi connectivity index (χ2n) is 6.45. The van der Waals surface area contributed by atoms with Crippen molar-refractivity contribution in [3.63, 3.8) is 0 Å². The second-order valence-corrected chi connectivity index (χ2v) is 6.45. The van der Waals surface area contributed by atoms with Crippen LogP contribution >= 0.6 is 0 Å². The third-order valence-corrected chi connectivity index (χ3v) is 4.60. The number of aromatic nitrogens is 4. The summed E-state index contributed by atoms with van der Waals surface area (Å²) in [6, 6.07) is 1.90. The highest BCUT2D eigenvalue weighted by Gasteiger charge is 2.34. The first-order valence-electron chi connectivity index (χ1n) is 8.17. The maximum atomic E-state index is 12.6. The van der Waals surface area contributed by atoms with Crippen molar-refractivity contribution in [3.05, 3.63) is 23.3 Å². The average molecular weight is 317 g/mol. The summed E-state index contributed by atoms with van der Waals surface area (Å²) >= 11 is 0. The molecule has 3 rings (SSSR count). The molecule has 0 aromatic carbocycles. The number of amides is 1. The van der Waals surface area contributed by atoms with Gasteiger partial charge in [-0.25, -0.2) is 9.50 Å². The second kappa shape index (κ2) is 6.23. The van der Waals surface area contributed by atoms with E-state index in [-0.39, 0.29) is 23.9 Å². The molecule has 0 unspecified atom stereocenters. The summed E-state index contributed by atoms with van der Waals surface area (Å²) in [6.45, 7) is 3.87. The smallest absolute Gasteiger partial charge is 0.291 e. The summed E-state index contributed by atoms with van der Waals surface area (Å²) in [5, 5.41) is 16.7. The van der Waals surface area contributed by atoms with Crippen LogP contribution in [-0.2, 0) is 0 Å². The molecule has 2 N–H and O–H groups in total. The van der Waals surface area contributed by atoms with Gasteiger partial charge in [-0.3, -0.25) is 4.79 Å². The van der Waals surface area contributed by atoms with E-state index >= 15 is 0 Å². The van der Waals surface area contributed by atoms with Crippen LogP contribution in [0.25, 0.3) is 5.78 Å². The summed E-state index contributed by atoms with van der Waals surface area (Å²) < 4.78 is 1.58. The minimum Gasteiger partial charge on any atom is -0.396 e. The van der Waals surface area contributed by atoms with E-state index in [1.54, 1.807) is 4.52 Å². The van der Waals surface area contributed by atoms with E-state index < -0.39 is 0 Å². The zero-order valence-corrected chi connectivity index (χ0v) is 13.7. The molecule has 23 heavy (non-hydrogen) atoms. The summed E-state index contributed by atoms with van der Waals surface area (Å²) in [5.41, 5.74) is 1.40. The molecule has 0 bridgehead atoms. The number of hydrogen-bond donors (Lipinski definition) is 2. The van der Waals surface area contributed by atoms with Gasteiger partial charge in [0.05, 0.1) is 0 Å². The first-order chi connectivity index (χ1) is 11.0. The fourth-order valence-corrected chi connectivity index (χ4v) is 3.44. The summed E-state index contributed by atoms with van der Waals surface area (Å²) in [6.07, 6.45) is 5.67. The van der Waals surface area contributed by atoms with Crippen molar-refractivity contribution in [3.8, 4) is 0 Å². The van der Waals surface area contributed by atoms with Crippen LogP contribution in [0.2, 0.25) is 0 Å². The van der Waals surface area contributed by atoms with E-state index in [0.29, 0.717) is 12.2 Å². The monoisotopic (exact) mass is 317 g/mol. The molecule has 7 nitrogen and oxygen atoms in total. The van der Waals surface area contributed by atoms with Gasteiger partial charge < -0.3 is 10.4 Å². The van der Waals surface area contributed by atoms with E-state index in [1.807, 2.05) is 19.9 Å². The number of nitrogens with zero attached hydrogens (tertiary/aromatic N) is 4. The van der Waals surface area contributed by atoms with Gasteiger partial charge in [0, 0.05) is 23.5 Å². The SMILES string of the molecule is Cc1cc(C)n2nc(C(=O)NC3(CCO)CCCCC3)nc2n1. The van der Waals surface area contributed by atoms with Gasteiger partial charge in [-0.2, -0.15) is 4.98 Å². The van der Waals surface area contributed by atoms with Crippen molar-refractivity contribution in [2.24, 2.45) is 0 Å². The van der Waals surface area contributed by atoms with Gasteiger partial charge in [-0.15, -0.1) is 5.10 Å². The molecule has 7 heteroatoms. The lowest BCUT2D eigenvalue weighted by atomic mass is 9.79. The number of aryl methyl sites for hydroxylation is 2. The fourth-order valence-electron chi connectivity index (χ4n) is 3.44. The molecule has 124 valence electrons. The molecule has 0 saturated heterocycles. The molecule has 2 heterocycles. The average Bonchev–Trinajstić information content (AvgIpc) is 2.92. The van der Waals surface area contributed by atoms with Crippen LogP contribution in [-0.4, -0.2) is 42.7 Å². The van der Waals surface area contributed by atoms with E-state index in [2.05, 4.69) is 20.4 Å². The Morgan fingerprint density at radius 1 is 1.30 bits per heavy atom. The molecule has 0 aliphatic heterocycles. The molecular formula is C16H23N5O2. The lowest BCUT2D eigenvalue weighted by Crippen LogP contribution is -2.50. The lowest BCUT2D eigenvalue weighted by Gasteiger charge is -2.37. The molecule has 1 aliphatic rings. The van der Waals surface area contributed by atoms with Gasteiger partial charge in [0.1, 0.15) is 0 Å². The van der Waals surface area contributed by atoms with Crippen LogP contribution in [0.5, 0.6) is 0 Å². The van der Waals surface area contributed by atoms with Gasteiger partial charge in [-0.1, -0.05) is 19.3 Å². The summed E-state index contributed by atoms with van der Waals surface area (Å²) in [4.78, 5) is 21.2. The molecule has 0 spiro atoms. The van der Waals surface area contributed by atoms with Gasteiger partial charge in [-0.05, 0) is 39.2 Å². The van der Waals surface area contributed by atoms with Crippen LogP contribution in [0.1, 0.15) is 60.5 Å². The third-order valence-electron chi connectivity index (χ3n) is 4.60. The molecule has 1 aliphatic carbocycles. The minimum atomic E-state index is -0.333. The maximum absolute atomic E-state index is 12.6. The van der Waals surface area contributed by atoms with Crippen molar-refractivity contribution in [2.45, 2.75) is 57.9 Å². The summed E-state index contributed by atoms with van der Waals surface area (Å²) in [5.74, 6) is 0.282. The standard InChI is InChI=1S/C16H23N5O2/c1-11-10-12(2)21-15(17-11)18-13(20-21)14(23)19-16(8-9-22)6-4-3-5-7-16/h10,22H,3-9H2,1-2H3,(H,19,23). The van der Waals surface area contributed by atoms with Crippen LogP contribution in [0.3, 0.4) is 0 Å². The topological polar surface area (TPSA) is 92.4 Å². The number of fused-ring (bicyclic) bond motifs is 1. The third kappa shape index (κ3) is 3.19. The maximum Gasteiger partial charge on any atom is 0.291 e. The Labute approximate surface area is 135 Å². The van der Waals surface area contributed by atoms with Crippen molar-refractivity contribution in [1.29, 1.82) is 0 Å². The van der Waals surface area contributed by atoms with Crippen LogP contribution in [0.4, 0.5) is 0 Å². The molecule has 0 radical (unpaired) electrons. The summed E-state index contributed by atoms with van der Waals surface area (Å²) in [7, 11) is 0. The number of aliphatic hydroxyl groups is 1. The Kier molecular flexibility index (Phi) is 4.30. The highest BCUT2D eigenvalue weighted by Crippen LogP contribution is 2.31. The highest BCUT2D eigenvalue weighted by molar-refractivity contribution is 5.91. The lowest BCUT2D eigenvalue weighted by molar-refractivity contribution is 0.0825. The van der Waals surface area contributed by atoms with Gasteiger partial charge >= 0.3 is 0 Å². The molecule has 1 saturated carbocycles. The van der Waals surface area contributed by atoms with Gasteiger partial charge in [0.15, 0.2) is 0 Å². The number of carbonyl (C=O) groups is 1. The van der Waals surface area contributed by atoms with E-state index in [1.165, 1.54) is 6.42 Å². The number of carbonyl (C=O) groups excluding carboxylic acids is 1. The number of aliphatic hydroxyl groups excluding tert-OH is 1. The largest absolute Gasteiger partial charge is 0.396 e. The molecular weight excluding hydrogens is 294 g/mol. The quantitative estimate of drug-likeness (QED) is 0.892. The van der Waals surface area contributed by atoms with E-state index in [4.69, 9.17) is 0 Å². The molecule has 2 aromatic rings. The van der Waals surface area contributed by atoms with E-state index in [9.17, 15) is 9.90 Å². The van der Waals surface area contributed by atoms with Crippen molar-refractivity contribution in [1.82, 2.24) is 24.9 Å². The van der Waals surface area contributed by atoms with Crippen molar-refractivity contribution < 1.29 is 9.90 Å². The highest BCUT2D eigenvalue weighted by atomic mass is 16.3. The first-order valence-corrected chi connectivity index (χ1v) is 8.17. The van der Waals surface area contributed by atoms with E-state index in [0.717, 1.165) is 37.1 Å². The Hall–Kier alpha value is -2.02. The Bertz CT molecular complexity index is 713. The van der Waals surface area contributed by atoms with Crippen LogP contribution < -0.4 is 5.32 Å². The van der Waals surface area contributed by atoms with Gasteiger partial charge in [0.25, 0.3) is 11.7 Å². The number of rotatable bonds is 4. The Morgan fingerprint density at radius 3 is 2.74 bits per heavy atom. The molecule has 0 atom stereocenters. The first kappa shape index (κ1) is 15.9. The normalized spacial score (nSPS) is 17.3. The van der Waals surface area contributed by atoms with Gasteiger partial charge in [0.2, 0.25) is 5.82 Å². The zero-order valence-electron chi connectivity index (χ0n) is 13.7. The van der Waals surface area contributed by atoms with Crippen LogP contribution in [0.15, 0.2) is 6.07 Å². The predicted octanol–water partition coefficient (Wildman–Crippen LogP) is 1.56. The fraction of sp³-hybridized carbons (Fsp3) is 0.625. The molecule has 1 fully saturated rings. The van der Waals surface area contributed by atoms with Crippen molar-refractivity contribution in [2.75, 3.05) is 6.61 Å². The minimum absolute atomic E-state index is 0.0682. The number of nitrogens with one attached hydrogen (secondary N) is 1. The Morgan fingerprint density at radius 2 is 2.04 bits per heavy atom. The van der Waals surface area contributed by atoms with Crippen molar-refractivity contribution >= 4 is 11.7 Å². The molecule has 1 amide bonds. The molecule has 2 aromatic heterocycles. The predicted molar refractivity (Wildman–Crippen MR) is 85.2 cm³/mol. The Balaban J connectivity index is 1.86. The van der Waals surface area contributed by atoms with Crippen LogP contribution in [0, 0.1) is 13.8 Å².